The van der Waals surface area contributed by atoms with Crippen LogP contribution in [0.15, 0.2) is 0 Å². The minimum absolute atomic E-state index is 0. The third kappa shape index (κ3) is 3.82. The fourth-order valence-corrected chi connectivity index (χ4v) is 4.83. The van der Waals surface area contributed by atoms with Crippen molar-refractivity contribution >= 4 is 22.6 Å². The van der Waals surface area contributed by atoms with Crippen molar-refractivity contribution in [1.82, 2.24) is 8.61 Å². The van der Waals surface area contributed by atoms with Crippen LogP contribution in [0.1, 0.15) is 39.0 Å². The highest BCUT2D eigenvalue weighted by Crippen LogP contribution is 2.25. The van der Waals surface area contributed by atoms with Crippen LogP contribution in [-0.4, -0.2) is 49.2 Å². The molecule has 0 aromatic rings. The Morgan fingerprint density at radius 3 is 2.26 bits per heavy atom. The Morgan fingerprint density at radius 2 is 1.74 bits per heavy atom. The van der Waals surface area contributed by atoms with E-state index in [-0.39, 0.29) is 18.4 Å². The summed E-state index contributed by atoms with van der Waals surface area (Å²) in [5.41, 5.74) is 5.64. The second-order valence-electron chi connectivity index (χ2n) is 5.54. The number of rotatable bonds is 3. The first kappa shape index (κ1) is 17.2. The van der Waals surface area contributed by atoms with Crippen LogP contribution >= 0.6 is 12.4 Å². The van der Waals surface area contributed by atoms with E-state index in [4.69, 9.17) is 5.73 Å². The highest BCUT2D eigenvalue weighted by atomic mass is 35.5. The Labute approximate surface area is 123 Å². The van der Waals surface area contributed by atoms with Gasteiger partial charge in [0.25, 0.3) is 10.2 Å². The van der Waals surface area contributed by atoms with Gasteiger partial charge in [-0.2, -0.15) is 17.0 Å². The van der Waals surface area contributed by atoms with Gasteiger partial charge in [-0.05, 0) is 45.1 Å². The average molecular weight is 312 g/mol. The minimum Gasteiger partial charge on any atom is -0.330 e. The summed E-state index contributed by atoms with van der Waals surface area (Å²) < 4.78 is 28.5. The number of piperidine rings is 2. The molecule has 2 aliphatic rings. The van der Waals surface area contributed by atoms with Crippen molar-refractivity contribution in [3.05, 3.63) is 0 Å². The van der Waals surface area contributed by atoms with Crippen LogP contribution in [0.25, 0.3) is 0 Å². The van der Waals surface area contributed by atoms with Crippen molar-refractivity contribution in [1.29, 1.82) is 0 Å². The van der Waals surface area contributed by atoms with Crippen LogP contribution < -0.4 is 5.73 Å². The van der Waals surface area contributed by atoms with Gasteiger partial charge in [0.1, 0.15) is 0 Å². The lowest BCUT2D eigenvalue weighted by Crippen LogP contribution is -2.52. The summed E-state index contributed by atoms with van der Waals surface area (Å²) >= 11 is 0. The molecule has 114 valence electrons. The van der Waals surface area contributed by atoms with E-state index in [1.807, 2.05) is 6.92 Å². The first-order valence-corrected chi connectivity index (χ1v) is 8.42. The summed E-state index contributed by atoms with van der Waals surface area (Å²) in [5, 5.41) is 0. The Hall–Kier alpha value is 0.120. The molecule has 5 nitrogen and oxygen atoms in total. The van der Waals surface area contributed by atoms with E-state index < -0.39 is 10.2 Å². The van der Waals surface area contributed by atoms with Crippen LogP contribution in [0.2, 0.25) is 0 Å². The molecule has 7 heteroatoms. The van der Waals surface area contributed by atoms with E-state index in [9.17, 15) is 8.42 Å². The molecule has 2 aliphatic heterocycles. The van der Waals surface area contributed by atoms with E-state index in [1.165, 1.54) is 0 Å². The van der Waals surface area contributed by atoms with Gasteiger partial charge >= 0.3 is 0 Å². The molecule has 0 saturated carbocycles. The Bertz CT molecular complexity index is 369. The average Bonchev–Trinajstić information content (AvgIpc) is 2.39. The topological polar surface area (TPSA) is 66.6 Å². The number of hydrogen-bond acceptors (Lipinski definition) is 3. The Kier molecular flexibility index (Phi) is 6.53. The van der Waals surface area contributed by atoms with Gasteiger partial charge in [0.15, 0.2) is 0 Å². The maximum absolute atomic E-state index is 12.6. The standard InChI is InChI=1S/C12H25N3O2S.ClH/c1-11-4-2-3-7-15(11)18(16,17)14-8-5-12(10-13)6-9-14;/h11-12H,2-10,13H2,1H3;1H. The molecule has 0 bridgehead atoms. The molecule has 0 aliphatic carbocycles. The van der Waals surface area contributed by atoms with Crippen LogP contribution in [0.4, 0.5) is 0 Å². The maximum Gasteiger partial charge on any atom is 0.282 e. The maximum atomic E-state index is 12.6. The number of halogens is 1. The van der Waals surface area contributed by atoms with Gasteiger partial charge in [-0.25, -0.2) is 0 Å². The van der Waals surface area contributed by atoms with E-state index >= 15 is 0 Å². The number of nitrogens with zero attached hydrogens (tertiary/aromatic N) is 2. The highest BCUT2D eigenvalue weighted by Gasteiger charge is 2.36. The van der Waals surface area contributed by atoms with E-state index in [0.717, 1.165) is 32.1 Å². The Balaban J connectivity index is 0.00000180. The van der Waals surface area contributed by atoms with Crippen LogP contribution in [0, 0.1) is 5.92 Å². The van der Waals surface area contributed by atoms with E-state index in [1.54, 1.807) is 8.61 Å². The molecule has 0 radical (unpaired) electrons. The first-order chi connectivity index (χ1) is 8.55. The molecule has 1 atom stereocenters. The summed E-state index contributed by atoms with van der Waals surface area (Å²) in [6.45, 7) is 4.64. The van der Waals surface area contributed by atoms with Crippen molar-refractivity contribution in [2.24, 2.45) is 11.7 Å². The van der Waals surface area contributed by atoms with Gasteiger partial charge in [-0.15, -0.1) is 12.4 Å². The fraction of sp³-hybridized carbons (Fsp3) is 1.00. The third-order valence-electron chi connectivity index (χ3n) is 4.27. The Morgan fingerprint density at radius 1 is 1.11 bits per heavy atom. The molecule has 2 N–H and O–H groups in total. The normalized spacial score (nSPS) is 28.0. The molecule has 1 unspecified atom stereocenters. The summed E-state index contributed by atoms with van der Waals surface area (Å²) in [5.74, 6) is 0.496. The predicted octanol–water partition coefficient (Wildman–Crippen LogP) is 1.20. The van der Waals surface area contributed by atoms with Gasteiger partial charge in [-0.1, -0.05) is 6.42 Å². The summed E-state index contributed by atoms with van der Waals surface area (Å²) in [6, 6.07) is 0.149. The van der Waals surface area contributed by atoms with E-state index in [2.05, 4.69) is 0 Å². The SMILES string of the molecule is CC1CCCCN1S(=O)(=O)N1CCC(CN)CC1.Cl. The van der Waals surface area contributed by atoms with Gasteiger partial charge in [0.05, 0.1) is 0 Å². The van der Waals surface area contributed by atoms with Crippen molar-refractivity contribution < 1.29 is 8.42 Å². The molecular formula is C12H26ClN3O2S. The molecule has 2 heterocycles. The molecule has 0 amide bonds. The smallest absolute Gasteiger partial charge is 0.282 e. The lowest BCUT2D eigenvalue weighted by atomic mass is 9.99. The van der Waals surface area contributed by atoms with Crippen LogP contribution in [0.5, 0.6) is 0 Å². The van der Waals surface area contributed by atoms with Crippen molar-refractivity contribution in [3.8, 4) is 0 Å². The molecule has 0 aromatic carbocycles. The monoisotopic (exact) mass is 311 g/mol. The zero-order valence-corrected chi connectivity index (χ0v) is 13.3. The number of hydrogen-bond donors (Lipinski definition) is 1. The molecule has 0 spiro atoms. The minimum atomic E-state index is -3.24. The lowest BCUT2D eigenvalue weighted by Gasteiger charge is -2.38. The van der Waals surface area contributed by atoms with Crippen LogP contribution in [0.3, 0.4) is 0 Å². The summed E-state index contributed by atoms with van der Waals surface area (Å²) in [6.07, 6.45) is 4.92. The van der Waals surface area contributed by atoms with Gasteiger partial charge in [-0.3, -0.25) is 0 Å². The zero-order valence-electron chi connectivity index (χ0n) is 11.6. The van der Waals surface area contributed by atoms with Crippen LogP contribution in [-0.2, 0) is 10.2 Å². The van der Waals surface area contributed by atoms with Gasteiger partial charge in [0.2, 0.25) is 0 Å². The molecule has 0 aromatic heterocycles. The van der Waals surface area contributed by atoms with Gasteiger partial charge in [0, 0.05) is 25.7 Å². The van der Waals surface area contributed by atoms with Crippen molar-refractivity contribution in [2.75, 3.05) is 26.2 Å². The molecule has 2 saturated heterocycles. The second-order valence-corrected chi connectivity index (χ2v) is 7.42. The molecule has 2 fully saturated rings. The van der Waals surface area contributed by atoms with Gasteiger partial charge < -0.3 is 5.73 Å². The summed E-state index contributed by atoms with van der Waals surface area (Å²) in [4.78, 5) is 0. The third-order valence-corrected chi connectivity index (χ3v) is 6.42. The fourth-order valence-electron chi connectivity index (χ4n) is 2.94. The summed E-state index contributed by atoms with van der Waals surface area (Å²) in [7, 11) is -3.24. The van der Waals surface area contributed by atoms with E-state index in [0.29, 0.717) is 32.1 Å². The quantitative estimate of drug-likeness (QED) is 0.851. The largest absolute Gasteiger partial charge is 0.330 e. The molecular weight excluding hydrogens is 286 g/mol. The van der Waals surface area contributed by atoms with Crippen molar-refractivity contribution in [2.45, 2.75) is 45.1 Å². The lowest BCUT2D eigenvalue weighted by molar-refractivity contribution is 0.220. The highest BCUT2D eigenvalue weighted by molar-refractivity contribution is 7.86. The van der Waals surface area contributed by atoms with Crippen molar-refractivity contribution in [3.63, 3.8) is 0 Å². The molecule has 2 rings (SSSR count). The first-order valence-electron chi connectivity index (χ1n) is 7.02. The zero-order chi connectivity index (χ0) is 13.2. The second kappa shape index (κ2) is 7.22. The number of nitrogens with two attached hydrogens (primary N) is 1. The molecule has 19 heavy (non-hydrogen) atoms. The predicted molar refractivity (Wildman–Crippen MR) is 79.5 cm³/mol.